The molecule has 136 valence electrons. The topological polar surface area (TPSA) is 35.6 Å². The van der Waals surface area contributed by atoms with Gasteiger partial charge in [0, 0.05) is 43.6 Å². The van der Waals surface area contributed by atoms with E-state index in [-0.39, 0.29) is 5.91 Å². The molecule has 6 heteroatoms. The normalized spacial score (nSPS) is 15.4. The van der Waals surface area contributed by atoms with Crippen LogP contribution in [-0.2, 0) is 4.79 Å². The third kappa shape index (κ3) is 4.79. The van der Waals surface area contributed by atoms with E-state index in [0.717, 1.165) is 31.9 Å². The number of nitrogens with zero attached hydrogens (tertiary/aromatic N) is 2. The molecule has 3 rings (SSSR count). The molecule has 2 aromatic carbocycles. The van der Waals surface area contributed by atoms with E-state index < -0.39 is 0 Å². The Balaban J connectivity index is 1.59. The van der Waals surface area contributed by atoms with Crippen molar-refractivity contribution < 1.29 is 4.79 Å². The summed E-state index contributed by atoms with van der Waals surface area (Å²) in [5, 5.41) is 3.76. The highest BCUT2D eigenvalue weighted by atomic mass is 35.5. The van der Waals surface area contributed by atoms with Gasteiger partial charge in [0.15, 0.2) is 0 Å². The third-order valence-corrected chi connectivity index (χ3v) is 5.23. The van der Waals surface area contributed by atoms with Crippen LogP contribution in [0.2, 0.25) is 10.0 Å². The maximum Gasteiger partial charge on any atom is 0.248 e. The molecule has 0 bridgehead atoms. The summed E-state index contributed by atoms with van der Waals surface area (Å²) in [6.07, 6.45) is 3.11. The van der Waals surface area contributed by atoms with Gasteiger partial charge in [0.25, 0.3) is 0 Å². The Morgan fingerprint density at radius 1 is 1.04 bits per heavy atom. The first-order valence-electron chi connectivity index (χ1n) is 8.49. The first kappa shape index (κ1) is 18.8. The van der Waals surface area contributed by atoms with Gasteiger partial charge in [-0.2, -0.15) is 0 Å². The summed E-state index contributed by atoms with van der Waals surface area (Å²) in [5.74, 6) is -0.214. The number of carbonyl (C=O) groups is 1. The number of hydrogen-bond acceptors (Lipinski definition) is 3. The second-order valence-electron chi connectivity index (χ2n) is 6.30. The molecule has 1 fully saturated rings. The molecule has 0 spiro atoms. The number of piperazine rings is 1. The first-order valence-corrected chi connectivity index (χ1v) is 9.25. The molecule has 26 heavy (non-hydrogen) atoms. The molecule has 1 amide bonds. The van der Waals surface area contributed by atoms with Gasteiger partial charge >= 0.3 is 0 Å². The zero-order valence-corrected chi connectivity index (χ0v) is 16.1. The van der Waals surface area contributed by atoms with Crippen molar-refractivity contribution in [2.45, 2.75) is 0 Å². The van der Waals surface area contributed by atoms with Gasteiger partial charge in [0.2, 0.25) is 5.91 Å². The Morgan fingerprint density at radius 2 is 1.73 bits per heavy atom. The summed E-state index contributed by atoms with van der Waals surface area (Å²) >= 11 is 12.1. The van der Waals surface area contributed by atoms with E-state index in [1.165, 1.54) is 11.8 Å². The monoisotopic (exact) mass is 389 g/mol. The van der Waals surface area contributed by atoms with Gasteiger partial charge in [-0.15, -0.1) is 0 Å². The SMILES string of the molecule is CN1CCN(c2ccc(NC(=O)/C=C/c3cccc(Cl)c3Cl)cc2)CC1. The van der Waals surface area contributed by atoms with Crippen molar-refractivity contribution in [3.8, 4) is 0 Å². The first-order chi connectivity index (χ1) is 12.5. The van der Waals surface area contributed by atoms with Crippen molar-refractivity contribution in [2.75, 3.05) is 43.4 Å². The molecule has 4 nitrogen and oxygen atoms in total. The van der Waals surface area contributed by atoms with Gasteiger partial charge in [-0.3, -0.25) is 4.79 Å². The number of nitrogens with one attached hydrogen (secondary N) is 1. The maximum atomic E-state index is 12.1. The Hall–Kier alpha value is -2.01. The number of carbonyl (C=O) groups excluding carboxylic acids is 1. The number of likely N-dealkylation sites (N-methyl/N-ethyl adjacent to an activating group) is 1. The number of rotatable bonds is 4. The lowest BCUT2D eigenvalue weighted by molar-refractivity contribution is -0.111. The summed E-state index contributed by atoms with van der Waals surface area (Å²) in [5.41, 5.74) is 2.65. The quantitative estimate of drug-likeness (QED) is 0.787. The number of halogens is 2. The fourth-order valence-corrected chi connectivity index (χ4v) is 3.19. The van der Waals surface area contributed by atoms with E-state index in [1.54, 1.807) is 18.2 Å². The Labute approximate surface area is 164 Å². The van der Waals surface area contributed by atoms with Crippen molar-refractivity contribution >= 4 is 46.6 Å². The van der Waals surface area contributed by atoms with Crippen LogP contribution in [-0.4, -0.2) is 44.0 Å². The lowest BCUT2D eigenvalue weighted by Crippen LogP contribution is -2.44. The number of anilines is 2. The predicted molar refractivity (Wildman–Crippen MR) is 110 cm³/mol. The molecule has 2 aromatic rings. The fourth-order valence-electron chi connectivity index (χ4n) is 2.82. The molecular formula is C20H21Cl2N3O. The van der Waals surface area contributed by atoms with Crippen LogP contribution in [0.5, 0.6) is 0 Å². The minimum Gasteiger partial charge on any atom is -0.369 e. The molecule has 1 aliphatic rings. The van der Waals surface area contributed by atoms with Crippen LogP contribution in [0.1, 0.15) is 5.56 Å². The molecule has 0 aromatic heterocycles. The van der Waals surface area contributed by atoms with Crippen LogP contribution in [0.3, 0.4) is 0 Å². The smallest absolute Gasteiger partial charge is 0.248 e. The van der Waals surface area contributed by atoms with Crippen molar-refractivity contribution in [3.63, 3.8) is 0 Å². The van der Waals surface area contributed by atoms with E-state index in [4.69, 9.17) is 23.2 Å². The van der Waals surface area contributed by atoms with Crippen molar-refractivity contribution in [2.24, 2.45) is 0 Å². The summed E-state index contributed by atoms with van der Waals surface area (Å²) in [6, 6.07) is 13.2. The zero-order valence-electron chi connectivity index (χ0n) is 14.6. The molecule has 1 N–H and O–H groups in total. The van der Waals surface area contributed by atoms with Crippen LogP contribution in [0.25, 0.3) is 6.08 Å². The number of amides is 1. The average molecular weight is 390 g/mol. The van der Waals surface area contributed by atoms with E-state index in [1.807, 2.05) is 30.3 Å². The molecule has 0 unspecified atom stereocenters. The van der Waals surface area contributed by atoms with Crippen LogP contribution < -0.4 is 10.2 Å². The second-order valence-corrected chi connectivity index (χ2v) is 7.09. The molecule has 0 atom stereocenters. The van der Waals surface area contributed by atoms with Crippen molar-refractivity contribution in [1.82, 2.24) is 4.90 Å². The van der Waals surface area contributed by atoms with Crippen molar-refractivity contribution in [1.29, 1.82) is 0 Å². The standard InChI is InChI=1S/C20H21Cl2N3O/c1-24-11-13-25(14-12-24)17-8-6-16(7-9-17)23-19(26)10-5-15-3-2-4-18(21)20(15)22/h2-10H,11-14H2,1H3,(H,23,26)/b10-5+. The molecule has 0 radical (unpaired) electrons. The minimum atomic E-state index is -0.214. The minimum absolute atomic E-state index is 0.214. The van der Waals surface area contributed by atoms with Crippen LogP contribution >= 0.6 is 23.2 Å². The molecule has 1 saturated heterocycles. The van der Waals surface area contributed by atoms with Gasteiger partial charge in [-0.05, 0) is 49.0 Å². The summed E-state index contributed by atoms with van der Waals surface area (Å²) in [6.45, 7) is 4.17. The third-order valence-electron chi connectivity index (χ3n) is 4.40. The summed E-state index contributed by atoms with van der Waals surface area (Å²) < 4.78 is 0. The number of hydrogen-bond donors (Lipinski definition) is 1. The lowest BCUT2D eigenvalue weighted by Gasteiger charge is -2.34. The zero-order chi connectivity index (χ0) is 18.5. The van der Waals surface area contributed by atoms with Gasteiger partial charge in [0.1, 0.15) is 0 Å². The molecule has 0 aliphatic carbocycles. The average Bonchev–Trinajstić information content (AvgIpc) is 2.64. The molecule has 1 heterocycles. The number of benzene rings is 2. The predicted octanol–water partition coefficient (Wildman–Crippen LogP) is 4.40. The van der Waals surface area contributed by atoms with E-state index in [2.05, 4.69) is 22.2 Å². The molecule has 0 saturated carbocycles. The van der Waals surface area contributed by atoms with Crippen LogP contribution in [0, 0.1) is 0 Å². The van der Waals surface area contributed by atoms with Gasteiger partial charge in [0.05, 0.1) is 10.0 Å². The lowest BCUT2D eigenvalue weighted by atomic mass is 10.2. The molecule has 1 aliphatic heterocycles. The Morgan fingerprint density at radius 3 is 2.42 bits per heavy atom. The largest absolute Gasteiger partial charge is 0.369 e. The Bertz CT molecular complexity index is 797. The van der Waals surface area contributed by atoms with E-state index in [9.17, 15) is 4.79 Å². The van der Waals surface area contributed by atoms with Crippen LogP contribution in [0.4, 0.5) is 11.4 Å². The Kier molecular flexibility index (Phi) is 6.20. The van der Waals surface area contributed by atoms with Gasteiger partial charge in [-0.25, -0.2) is 0 Å². The highest BCUT2D eigenvalue weighted by Crippen LogP contribution is 2.26. The van der Waals surface area contributed by atoms with E-state index >= 15 is 0 Å². The van der Waals surface area contributed by atoms with E-state index in [0.29, 0.717) is 15.6 Å². The van der Waals surface area contributed by atoms with Gasteiger partial charge in [-0.1, -0.05) is 35.3 Å². The second kappa shape index (κ2) is 8.58. The summed E-state index contributed by atoms with van der Waals surface area (Å²) in [7, 11) is 2.14. The highest BCUT2D eigenvalue weighted by molar-refractivity contribution is 6.42. The van der Waals surface area contributed by atoms with Crippen LogP contribution in [0.15, 0.2) is 48.5 Å². The fraction of sp³-hybridized carbons (Fsp3) is 0.250. The van der Waals surface area contributed by atoms with Crippen molar-refractivity contribution in [3.05, 3.63) is 64.1 Å². The van der Waals surface area contributed by atoms with Gasteiger partial charge < -0.3 is 15.1 Å². The summed E-state index contributed by atoms with van der Waals surface area (Å²) in [4.78, 5) is 16.8. The highest BCUT2D eigenvalue weighted by Gasteiger charge is 2.14. The molecular weight excluding hydrogens is 369 g/mol. The maximum absolute atomic E-state index is 12.1.